The molecule has 0 heterocycles. The molecule has 0 aromatic heterocycles. The molecule has 3 aromatic rings. The molecule has 0 radical (unpaired) electrons. The van der Waals surface area contributed by atoms with Crippen LogP contribution in [0.2, 0.25) is 0 Å². The van der Waals surface area contributed by atoms with E-state index >= 15 is 0 Å². The Morgan fingerprint density at radius 2 is 0.970 bits per heavy atom. The van der Waals surface area contributed by atoms with E-state index in [0.717, 1.165) is 58.9 Å². The predicted molar refractivity (Wildman–Crippen MR) is 142 cm³/mol. The van der Waals surface area contributed by atoms with Crippen molar-refractivity contribution >= 4 is 7.94 Å². The summed E-state index contributed by atoms with van der Waals surface area (Å²) in [6.07, 6.45) is 5.34. The van der Waals surface area contributed by atoms with Gasteiger partial charge in [0.1, 0.15) is 0 Å². The summed E-state index contributed by atoms with van der Waals surface area (Å²) in [6, 6.07) is 24.3. The van der Waals surface area contributed by atoms with Crippen LogP contribution in [0.1, 0.15) is 56.2 Å². The maximum atomic E-state index is 6.77. The fraction of sp³-hybridized carbons (Fsp3) is 0.379. The zero-order valence-corrected chi connectivity index (χ0v) is 21.8. The fourth-order valence-corrected chi connectivity index (χ4v) is 6.61. The number of aryl methyl sites for hydroxylation is 3. The van der Waals surface area contributed by atoms with E-state index in [9.17, 15) is 0 Å². The second-order valence-corrected chi connectivity index (χ2v) is 11.8. The Labute approximate surface area is 200 Å². The van der Waals surface area contributed by atoms with Crippen molar-refractivity contribution < 1.29 is 13.6 Å². The van der Waals surface area contributed by atoms with Gasteiger partial charge in [-0.05, 0) is 0 Å². The van der Waals surface area contributed by atoms with E-state index in [-0.39, 0.29) is 0 Å². The third-order valence-electron chi connectivity index (χ3n) is 5.84. The Hall–Kier alpha value is -2.51. The Bertz CT molecular complexity index is 899. The molecule has 0 spiro atoms. The van der Waals surface area contributed by atoms with Crippen molar-refractivity contribution in [1.29, 1.82) is 0 Å². The molecule has 33 heavy (non-hydrogen) atoms. The molecule has 0 N–H and O–H groups in total. The summed E-state index contributed by atoms with van der Waals surface area (Å²) in [4.78, 5) is 0. The van der Waals surface area contributed by atoms with Gasteiger partial charge in [-0.15, -0.1) is 0 Å². The SMILES string of the molecule is Cc1ccccc1O[PH](CCCCCC(C)C)(Oc1ccccc1C)Oc1ccccc1C. The minimum atomic E-state index is -3.19. The van der Waals surface area contributed by atoms with E-state index in [0.29, 0.717) is 0 Å². The van der Waals surface area contributed by atoms with Crippen molar-refractivity contribution in [3.63, 3.8) is 0 Å². The van der Waals surface area contributed by atoms with Crippen LogP contribution < -0.4 is 13.6 Å². The molecule has 0 bridgehead atoms. The van der Waals surface area contributed by atoms with Crippen molar-refractivity contribution in [2.75, 3.05) is 6.16 Å². The molecule has 0 unspecified atom stereocenters. The molecule has 0 aliphatic carbocycles. The van der Waals surface area contributed by atoms with Gasteiger partial charge in [-0.25, -0.2) is 0 Å². The van der Waals surface area contributed by atoms with E-state index in [2.05, 4.69) is 52.8 Å². The number of para-hydroxylation sites is 3. The summed E-state index contributed by atoms with van der Waals surface area (Å²) in [7, 11) is -3.19. The molecular weight excluding hydrogens is 427 g/mol. The molecule has 0 aliphatic heterocycles. The van der Waals surface area contributed by atoms with Crippen LogP contribution in [-0.2, 0) is 0 Å². The van der Waals surface area contributed by atoms with E-state index in [1.54, 1.807) is 0 Å². The molecule has 4 heteroatoms. The van der Waals surface area contributed by atoms with Crippen molar-refractivity contribution in [2.45, 2.75) is 60.3 Å². The summed E-state index contributed by atoms with van der Waals surface area (Å²) in [5, 5.41) is 0. The van der Waals surface area contributed by atoms with Gasteiger partial charge in [0.25, 0.3) is 0 Å². The van der Waals surface area contributed by atoms with Crippen LogP contribution in [0.4, 0.5) is 0 Å². The predicted octanol–water partition coefficient (Wildman–Crippen LogP) is 8.86. The van der Waals surface area contributed by atoms with Crippen LogP contribution >= 0.6 is 7.94 Å². The second kappa shape index (κ2) is 12.1. The summed E-state index contributed by atoms with van der Waals surface area (Å²) in [6.45, 7) is 10.8. The number of benzene rings is 3. The Morgan fingerprint density at radius 1 is 0.576 bits per heavy atom. The quantitative estimate of drug-likeness (QED) is 0.197. The van der Waals surface area contributed by atoms with Gasteiger partial charge in [-0.3, -0.25) is 0 Å². The summed E-state index contributed by atoms with van der Waals surface area (Å²) in [5.41, 5.74) is 3.24. The topological polar surface area (TPSA) is 27.7 Å². The van der Waals surface area contributed by atoms with Gasteiger partial charge in [-0.1, -0.05) is 0 Å². The monoisotopic (exact) mass is 466 g/mol. The van der Waals surface area contributed by atoms with Crippen LogP contribution in [0.3, 0.4) is 0 Å². The first-order valence-electron chi connectivity index (χ1n) is 12.1. The molecule has 3 rings (SSSR count). The minimum absolute atomic E-state index is 0.724. The molecule has 0 saturated carbocycles. The molecule has 0 fully saturated rings. The van der Waals surface area contributed by atoms with Crippen LogP contribution in [0.15, 0.2) is 72.8 Å². The van der Waals surface area contributed by atoms with Crippen molar-refractivity contribution in [1.82, 2.24) is 0 Å². The Kier molecular flexibility index (Phi) is 9.21. The van der Waals surface area contributed by atoms with Gasteiger partial charge in [0, 0.05) is 0 Å². The van der Waals surface area contributed by atoms with E-state index < -0.39 is 7.94 Å². The van der Waals surface area contributed by atoms with Crippen molar-refractivity contribution in [3.05, 3.63) is 89.5 Å². The van der Waals surface area contributed by atoms with E-state index in [1.807, 2.05) is 54.6 Å². The van der Waals surface area contributed by atoms with Gasteiger partial charge < -0.3 is 0 Å². The first kappa shape index (κ1) is 25.1. The van der Waals surface area contributed by atoms with Gasteiger partial charge in [0.2, 0.25) is 0 Å². The number of rotatable bonds is 12. The molecule has 3 aromatic carbocycles. The average molecular weight is 467 g/mol. The van der Waals surface area contributed by atoms with Crippen molar-refractivity contribution in [2.24, 2.45) is 5.92 Å². The zero-order chi connectivity index (χ0) is 23.7. The standard InChI is InChI=1S/C29H39O3P/c1-23(2)15-7-6-14-22-33(30-27-19-11-8-16-24(27)3,31-28-20-12-9-17-25(28)4)32-29-21-13-10-18-26(29)5/h8-13,16-21,23,33H,6-7,14-15,22H2,1-5H3. The van der Waals surface area contributed by atoms with Gasteiger partial charge in [0.15, 0.2) is 0 Å². The Morgan fingerprint density at radius 3 is 1.33 bits per heavy atom. The molecule has 0 atom stereocenters. The first-order chi connectivity index (χ1) is 15.9. The number of unbranched alkanes of at least 4 members (excludes halogenated alkanes) is 2. The third kappa shape index (κ3) is 7.51. The Balaban J connectivity index is 1.97. The first-order valence-corrected chi connectivity index (χ1v) is 14.1. The van der Waals surface area contributed by atoms with E-state index in [4.69, 9.17) is 13.6 Å². The fourth-order valence-electron chi connectivity index (χ4n) is 3.80. The summed E-state index contributed by atoms with van der Waals surface area (Å²) < 4.78 is 20.3. The molecule has 178 valence electrons. The summed E-state index contributed by atoms with van der Waals surface area (Å²) >= 11 is 0. The average Bonchev–Trinajstić information content (AvgIpc) is 2.78. The van der Waals surface area contributed by atoms with Gasteiger partial charge in [-0.2, -0.15) is 0 Å². The molecule has 0 aliphatic rings. The van der Waals surface area contributed by atoms with Crippen LogP contribution in [-0.4, -0.2) is 6.16 Å². The zero-order valence-electron chi connectivity index (χ0n) is 20.8. The van der Waals surface area contributed by atoms with Crippen LogP contribution in [0, 0.1) is 26.7 Å². The third-order valence-corrected chi connectivity index (χ3v) is 8.40. The molecule has 3 nitrogen and oxygen atoms in total. The number of hydrogen-bond acceptors (Lipinski definition) is 3. The molecule has 0 saturated heterocycles. The maximum absolute atomic E-state index is 6.77. The van der Waals surface area contributed by atoms with Crippen LogP contribution in [0.5, 0.6) is 17.2 Å². The van der Waals surface area contributed by atoms with Crippen LogP contribution in [0.25, 0.3) is 0 Å². The normalized spacial score (nSPS) is 11.9. The summed E-state index contributed by atoms with van der Waals surface area (Å²) in [5.74, 6) is 3.21. The van der Waals surface area contributed by atoms with Crippen molar-refractivity contribution in [3.8, 4) is 17.2 Å². The number of hydrogen-bond donors (Lipinski definition) is 0. The molecule has 0 amide bonds. The van der Waals surface area contributed by atoms with E-state index in [1.165, 1.54) is 12.8 Å². The van der Waals surface area contributed by atoms with Gasteiger partial charge in [0.05, 0.1) is 0 Å². The van der Waals surface area contributed by atoms with Gasteiger partial charge >= 0.3 is 201 Å². The second-order valence-electron chi connectivity index (χ2n) is 9.28. The molecular formula is C29H39O3P.